The largest absolute Gasteiger partial charge is 0.456 e. The highest BCUT2D eigenvalue weighted by molar-refractivity contribution is 6.27. The van der Waals surface area contributed by atoms with Crippen LogP contribution in [0.15, 0.2) is 205 Å². The molecule has 0 saturated carbocycles. The van der Waals surface area contributed by atoms with Crippen molar-refractivity contribution in [1.82, 2.24) is 14.5 Å². The fraction of sp³-hybridized carbons (Fsp3) is 0.0794. The van der Waals surface area contributed by atoms with Crippen molar-refractivity contribution in [2.24, 2.45) is 0 Å². The lowest BCUT2D eigenvalue weighted by Gasteiger charge is -2.47. The minimum atomic E-state index is -0.721. The van der Waals surface area contributed by atoms with Gasteiger partial charge in [0.2, 0.25) is 0 Å². The highest BCUT2D eigenvalue weighted by atomic mass is 16.3. The van der Waals surface area contributed by atoms with Crippen LogP contribution in [0.2, 0.25) is 0 Å². The Morgan fingerprint density at radius 1 is 0.388 bits per heavy atom. The molecule has 4 aliphatic carbocycles. The van der Waals surface area contributed by atoms with Gasteiger partial charge in [0.1, 0.15) is 11.2 Å². The number of rotatable bonds is 1. The Morgan fingerprint density at radius 2 is 0.985 bits per heavy atom. The van der Waals surface area contributed by atoms with Crippen LogP contribution < -0.4 is 0 Å². The van der Waals surface area contributed by atoms with E-state index in [0.29, 0.717) is 0 Å². The topological polar surface area (TPSA) is 43.9 Å². The summed E-state index contributed by atoms with van der Waals surface area (Å²) >= 11 is 0. The second-order valence-corrected chi connectivity index (χ2v) is 19.5. The zero-order valence-electron chi connectivity index (χ0n) is 36.8. The molecular formula is C63H39N3O. The summed E-state index contributed by atoms with van der Waals surface area (Å²) in [4.78, 5) is 10.7. The number of fused-ring (bicyclic) bond motifs is 26. The van der Waals surface area contributed by atoms with Gasteiger partial charge < -0.3 is 8.98 Å². The maximum Gasteiger partial charge on any atom is 0.136 e. The zero-order chi connectivity index (χ0) is 44.0. The normalized spacial score (nSPS) is 17.1. The molecule has 0 aliphatic heterocycles. The van der Waals surface area contributed by atoms with Gasteiger partial charge in [-0.05, 0) is 115 Å². The molecule has 1 atom stereocenters. The summed E-state index contributed by atoms with van der Waals surface area (Å²) in [5, 5.41) is 4.63. The van der Waals surface area contributed by atoms with Crippen molar-refractivity contribution in [2.75, 3.05) is 0 Å². The van der Waals surface area contributed by atoms with E-state index in [1.54, 1.807) is 0 Å². The highest BCUT2D eigenvalue weighted by Crippen LogP contribution is 2.67. The van der Waals surface area contributed by atoms with Crippen LogP contribution in [0.3, 0.4) is 0 Å². The number of hydrogen-bond acceptors (Lipinski definition) is 3. The van der Waals surface area contributed by atoms with E-state index in [-0.39, 0.29) is 5.41 Å². The van der Waals surface area contributed by atoms with E-state index < -0.39 is 10.8 Å². The van der Waals surface area contributed by atoms with Crippen molar-refractivity contribution in [1.29, 1.82) is 0 Å². The molecule has 67 heavy (non-hydrogen) atoms. The fourth-order valence-corrected chi connectivity index (χ4v) is 13.8. The molecule has 0 radical (unpaired) electrons. The molecule has 4 aromatic heterocycles. The van der Waals surface area contributed by atoms with Gasteiger partial charge in [0.25, 0.3) is 0 Å². The smallest absolute Gasteiger partial charge is 0.136 e. The van der Waals surface area contributed by atoms with Crippen molar-refractivity contribution in [3.8, 4) is 39.3 Å². The molecule has 0 N–H and O–H groups in total. The van der Waals surface area contributed by atoms with E-state index in [0.717, 1.165) is 55.6 Å². The number of furan rings is 1. The molecular weight excluding hydrogens is 815 g/mol. The quantitative estimate of drug-likeness (QED) is 0.165. The molecule has 4 heterocycles. The van der Waals surface area contributed by atoms with E-state index in [4.69, 9.17) is 14.4 Å². The summed E-state index contributed by atoms with van der Waals surface area (Å²) in [7, 11) is 0. The molecule has 1 unspecified atom stereocenters. The molecule has 0 saturated heterocycles. The summed E-state index contributed by atoms with van der Waals surface area (Å²) in [5.41, 5.74) is 23.6. The summed E-state index contributed by atoms with van der Waals surface area (Å²) in [6.45, 7) is 4.87. The molecule has 0 bridgehead atoms. The number of para-hydroxylation sites is 2. The summed E-state index contributed by atoms with van der Waals surface area (Å²) in [6.07, 6.45) is 4.00. The Morgan fingerprint density at radius 3 is 1.75 bits per heavy atom. The summed E-state index contributed by atoms with van der Waals surface area (Å²) < 4.78 is 8.89. The van der Waals surface area contributed by atoms with E-state index in [9.17, 15) is 0 Å². The lowest BCUT2D eigenvalue weighted by Crippen LogP contribution is -2.41. The van der Waals surface area contributed by atoms with Crippen LogP contribution in [0.1, 0.15) is 69.5 Å². The number of aromatic nitrogens is 3. The van der Waals surface area contributed by atoms with Crippen LogP contribution in [-0.2, 0) is 16.2 Å². The van der Waals surface area contributed by atoms with Gasteiger partial charge in [0, 0.05) is 38.7 Å². The van der Waals surface area contributed by atoms with Gasteiger partial charge in [0.05, 0.1) is 45.1 Å². The van der Waals surface area contributed by atoms with Crippen molar-refractivity contribution in [2.45, 2.75) is 30.1 Å². The van der Waals surface area contributed by atoms with Crippen molar-refractivity contribution >= 4 is 43.7 Å². The molecule has 0 amide bonds. The first-order chi connectivity index (χ1) is 33.0. The molecule has 4 aliphatic rings. The minimum absolute atomic E-state index is 0.346. The first kappa shape index (κ1) is 35.9. The molecule has 12 aromatic rings. The number of hydrogen-bond donors (Lipinski definition) is 0. The van der Waals surface area contributed by atoms with Crippen molar-refractivity contribution in [3.63, 3.8) is 0 Å². The first-order valence-electron chi connectivity index (χ1n) is 23.4. The standard InChI is InChI=1S/C63H39N3O/c1-61(2)46-24-11-12-25-47(46)63(51-33-42-39-18-5-10-23-45(39)62(49(42)34-50(51)61)43-21-8-3-16-37(43)38-17-4-9-22-44(38)62)48-26-15-31-64-59(48)60-52(63)32-36(35-65-60)66-53-27-13-6-19-40(53)57-54(66)29-30-56-58(57)41-20-7-14-28-55(41)67-56/h3-35H,1-2H3. The Balaban J connectivity index is 1.04. The van der Waals surface area contributed by atoms with Crippen LogP contribution in [0.5, 0.6) is 0 Å². The second-order valence-electron chi connectivity index (χ2n) is 19.5. The van der Waals surface area contributed by atoms with E-state index in [1.165, 1.54) is 83.1 Å². The first-order valence-corrected chi connectivity index (χ1v) is 23.4. The van der Waals surface area contributed by atoms with E-state index in [2.05, 4.69) is 207 Å². The maximum absolute atomic E-state index is 6.47. The van der Waals surface area contributed by atoms with Crippen molar-refractivity contribution in [3.05, 3.63) is 256 Å². The average Bonchev–Trinajstić information content (AvgIpc) is 4.15. The molecule has 4 heteroatoms. The molecule has 16 rings (SSSR count). The number of nitrogens with zero attached hydrogens (tertiary/aromatic N) is 3. The van der Waals surface area contributed by atoms with Gasteiger partial charge in [-0.25, -0.2) is 0 Å². The highest BCUT2D eigenvalue weighted by Gasteiger charge is 2.58. The third-order valence-corrected chi connectivity index (χ3v) is 16.4. The van der Waals surface area contributed by atoms with Gasteiger partial charge in [-0.15, -0.1) is 0 Å². The Kier molecular flexibility index (Phi) is 6.49. The summed E-state index contributed by atoms with van der Waals surface area (Å²) in [6, 6.07) is 70.2. The third-order valence-electron chi connectivity index (χ3n) is 16.4. The zero-order valence-corrected chi connectivity index (χ0v) is 36.8. The van der Waals surface area contributed by atoms with Gasteiger partial charge in [0.15, 0.2) is 0 Å². The molecule has 4 nitrogen and oxygen atoms in total. The lowest BCUT2D eigenvalue weighted by molar-refractivity contribution is 0.561. The minimum Gasteiger partial charge on any atom is -0.456 e. The van der Waals surface area contributed by atoms with Crippen LogP contribution >= 0.6 is 0 Å². The molecule has 0 fully saturated rings. The lowest BCUT2D eigenvalue weighted by atomic mass is 9.55. The van der Waals surface area contributed by atoms with Crippen LogP contribution in [0, 0.1) is 0 Å². The maximum atomic E-state index is 6.47. The van der Waals surface area contributed by atoms with E-state index in [1.807, 2.05) is 12.3 Å². The monoisotopic (exact) mass is 853 g/mol. The molecule has 312 valence electrons. The van der Waals surface area contributed by atoms with E-state index >= 15 is 0 Å². The Labute approximate surface area is 386 Å². The van der Waals surface area contributed by atoms with Crippen LogP contribution in [-0.4, -0.2) is 14.5 Å². The van der Waals surface area contributed by atoms with Crippen molar-refractivity contribution < 1.29 is 4.42 Å². The van der Waals surface area contributed by atoms with Gasteiger partial charge in [-0.3, -0.25) is 9.97 Å². The molecule has 8 aromatic carbocycles. The van der Waals surface area contributed by atoms with Gasteiger partial charge >= 0.3 is 0 Å². The Bertz CT molecular complexity index is 4180. The van der Waals surface area contributed by atoms with Gasteiger partial charge in [-0.2, -0.15) is 0 Å². The summed E-state index contributed by atoms with van der Waals surface area (Å²) in [5.74, 6) is 0. The fourth-order valence-electron chi connectivity index (χ4n) is 13.8. The van der Waals surface area contributed by atoms with Crippen LogP contribution in [0.25, 0.3) is 83.1 Å². The second kappa shape index (κ2) is 12.1. The average molecular weight is 854 g/mol. The predicted molar refractivity (Wildman–Crippen MR) is 269 cm³/mol. The van der Waals surface area contributed by atoms with Gasteiger partial charge in [-0.1, -0.05) is 159 Å². The third kappa shape index (κ3) is 4.03. The molecule has 2 spiro atoms. The SMILES string of the molecule is CC1(C)c2ccccc2C2(c3cc4c(cc31)C1(c3ccccc3-c3ccccc31)c1ccccc1-4)c1cccnc1-c1ncc(-n3c4ccccc4c4c5c(ccc43)oc3ccccc35)cc12. The number of pyridine rings is 2. The number of benzene rings is 8. The Hall–Kier alpha value is -8.34. The van der Waals surface area contributed by atoms with Crippen LogP contribution in [0.4, 0.5) is 0 Å². The predicted octanol–water partition coefficient (Wildman–Crippen LogP) is 14.8.